The molecule has 2 amide bonds. The number of amides is 2. The number of fused-ring (bicyclic) bond motifs is 3. The maximum atomic E-state index is 14.8. The Hall–Kier alpha value is -5.38. The number of anilines is 1. The van der Waals surface area contributed by atoms with Gasteiger partial charge in [0, 0.05) is 37.8 Å². The molecular formula is C34H32N4O10S. The van der Waals surface area contributed by atoms with Crippen molar-refractivity contribution in [2.24, 2.45) is 5.92 Å². The lowest BCUT2D eigenvalue weighted by molar-refractivity contribution is -0.384. The van der Waals surface area contributed by atoms with Gasteiger partial charge in [0.2, 0.25) is 21.8 Å². The second kappa shape index (κ2) is 13.3. The molecule has 3 aromatic rings. The van der Waals surface area contributed by atoms with E-state index in [0.29, 0.717) is 11.4 Å². The van der Waals surface area contributed by atoms with Crippen LogP contribution in [0.25, 0.3) is 0 Å². The highest BCUT2D eigenvalue weighted by Crippen LogP contribution is 2.53. The fourth-order valence-corrected chi connectivity index (χ4v) is 8.21. The molecule has 15 heteroatoms. The minimum atomic E-state index is -4.37. The number of hydrogen-bond donors (Lipinski definition) is 1. The Kier molecular flexibility index (Phi) is 9.07. The van der Waals surface area contributed by atoms with E-state index in [1.165, 1.54) is 25.0 Å². The molecule has 14 nitrogen and oxygen atoms in total. The highest BCUT2D eigenvalue weighted by atomic mass is 32.2. The summed E-state index contributed by atoms with van der Waals surface area (Å²) < 4.78 is 46.5. The molecule has 3 aliphatic rings. The van der Waals surface area contributed by atoms with Crippen LogP contribution in [0, 0.1) is 16.0 Å². The Balaban J connectivity index is 1.48. The van der Waals surface area contributed by atoms with E-state index in [4.69, 9.17) is 14.2 Å². The predicted octanol–water partition coefficient (Wildman–Crippen LogP) is 3.09. The normalized spacial score (nSPS) is 24.8. The maximum Gasteiger partial charge on any atom is 0.307 e. The number of nitrogens with one attached hydrogen (secondary N) is 1. The summed E-state index contributed by atoms with van der Waals surface area (Å²) in [4.78, 5) is 52.6. The number of ether oxygens (including phenoxy) is 3. The van der Waals surface area contributed by atoms with E-state index in [1.807, 2.05) is 30.3 Å². The van der Waals surface area contributed by atoms with Gasteiger partial charge in [-0.25, -0.2) is 8.42 Å². The molecule has 0 saturated carbocycles. The van der Waals surface area contributed by atoms with Crippen molar-refractivity contribution in [2.75, 3.05) is 18.6 Å². The lowest BCUT2D eigenvalue weighted by atomic mass is 9.81. The minimum absolute atomic E-state index is 0.114. The standard InChI is InChI=1S/C34H32N4O10S/c1-22(39)47-20-18-34-29(30-28(48-34)9-6-19-36(30)49(44,45)27-16-12-25(13-17-27)38(42)43)33(41)37(24-10-14-26(46-2)15-11-24)31(34)32(40)35-21-23-7-4-3-5-8-23/h3-18,20,28-31H,19,21H2,1-2H3,(H,35,40)/b20-18+/t28-,29+,30+,31-,34+/m1/s1. The first-order valence-electron chi connectivity index (χ1n) is 15.2. The fourth-order valence-electron chi connectivity index (χ4n) is 6.62. The average Bonchev–Trinajstić information content (AvgIpc) is 3.56. The topological polar surface area (TPSA) is 175 Å². The predicted molar refractivity (Wildman–Crippen MR) is 174 cm³/mol. The number of hydrogen-bond acceptors (Lipinski definition) is 10. The molecule has 3 heterocycles. The molecule has 6 rings (SSSR count). The molecule has 3 aromatic carbocycles. The maximum absolute atomic E-state index is 14.8. The van der Waals surface area contributed by atoms with Gasteiger partial charge in [0.25, 0.3) is 5.69 Å². The van der Waals surface area contributed by atoms with E-state index in [9.17, 15) is 32.9 Å². The van der Waals surface area contributed by atoms with Crippen molar-refractivity contribution >= 4 is 39.2 Å². The van der Waals surface area contributed by atoms with E-state index in [1.54, 1.807) is 36.4 Å². The second-order valence-electron chi connectivity index (χ2n) is 11.6. The van der Waals surface area contributed by atoms with E-state index >= 15 is 0 Å². The Bertz CT molecular complexity index is 1930. The van der Waals surface area contributed by atoms with Crippen LogP contribution in [0.3, 0.4) is 0 Å². The highest BCUT2D eigenvalue weighted by Gasteiger charge is 2.72. The summed E-state index contributed by atoms with van der Waals surface area (Å²) in [5.74, 6) is -2.68. The quantitative estimate of drug-likeness (QED) is 0.110. The van der Waals surface area contributed by atoms with E-state index in [2.05, 4.69) is 5.32 Å². The smallest absolute Gasteiger partial charge is 0.307 e. The molecule has 0 bridgehead atoms. The summed E-state index contributed by atoms with van der Waals surface area (Å²) in [5.41, 5.74) is -1.02. The lowest BCUT2D eigenvalue weighted by Crippen LogP contribution is -2.55. The first-order valence-corrected chi connectivity index (χ1v) is 16.7. The SMILES string of the molecule is COc1ccc(N2C(=O)[C@@H]3[C@@H]4[C@@H](C=CCN4S(=O)(=O)c4ccc([N+](=O)[O-])cc4)O[C@]3(/C=C/OC(C)=O)[C@H]2C(=O)NCc2ccccc2)cc1. The first-order chi connectivity index (χ1) is 23.5. The summed E-state index contributed by atoms with van der Waals surface area (Å²) in [5, 5.41) is 14.1. The van der Waals surface area contributed by atoms with Crippen LogP contribution in [0.2, 0.25) is 0 Å². The van der Waals surface area contributed by atoms with E-state index in [0.717, 1.165) is 40.4 Å². The fraction of sp³-hybridized carbons (Fsp3) is 0.265. The molecule has 0 radical (unpaired) electrons. The van der Waals surface area contributed by atoms with Crippen LogP contribution < -0.4 is 15.0 Å². The number of esters is 1. The van der Waals surface area contributed by atoms with Gasteiger partial charge < -0.3 is 19.5 Å². The monoisotopic (exact) mass is 688 g/mol. The summed E-state index contributed by atoms with van der Waals surface area (Å²) in [6.45, 7) is 1.15. The summed E-state index contributed by atoms with van der Waals surface area (Å²) in [7, 11) is -2.89. The lowest BCUT2D eigenvalue weighted by Gasteiger charge is -2.35. The largest absolute Gasteiger partial charge is 0.497 e. The third-order valence-electron chi connectivity index (χ3n) is 8.76. The van der Waals surface area contributed by atoms with E-state index in [-0.39, 0.29) is 23.7 Å². The summed E-state index contributed by atoms with van der Waals surface area (Å²) in [6, 6.07) is 17.4. The number of rotatable bonds is 10. The number of benzene rings is 3. The van der Waals surface area contributed by atoms with Gasteiger partial charge in [-0.15, -0.1) is 0 Å². The average molecular weight is 689 g/mol. The van der Waals surface area contributed by atoms with Crippen LogP contribution in [0.1, 0.15) is 12.5 Å². The molecule has 1 N–H and O–H groups in total. The van der Waals surface area contributed by atoms with Gasteiger partial charge in [-0.2, -0.15) is 4.31 Å². The molecule has 49 heavy (non-hydrogen) atoms. The molecule has 2 saturated heterocycles. The van der Waals surface area contributed by atoms with Crippen molar-refractivity contribution < 1.29 is 41.9 Å². The van der Waals surface area contributed by atoms with Crippen LogP contribution in [-0.4, -0.2) is 72.9 Å². The van der Waals surface area contributed by atoms with Crippen LogP contribution >= 0.6 is 0 Å². The summed E-state index contributed by atoms with van der Waals surface area (Å²) >= 11 is 0. The third kappa shape index (κ3) is 6.07. The zero-order valence-electron chi connectivity index (χ0n) is 26.4. The second-order valence-corrected chi connectivity index (χ2v) is 13.5. The minimum Gasteiger partial charge on any atom is -0.497 e. The van der Waals surface area contributed by atoms with Crippen LogP contribution in [0.15, 0.2) is 108 Å². The van der Waals surface area contributed by atoms with Gasteiger partial charge in [0.15, 0.2) is 0 Å². The molecule has 0 unspecified atom stereocenters. The van der Waals surface area contributed by atoms with Crippen molar-refractivity contribution in [3.8, 4) is 5.75 Å². The Labute approximate surface area is 281 Å². The Morgan fingerprint density at radius 3 is 2.41 bits per heavy atom. The number of nitrogens with zero attached hydrogens (tertiary/aromatic N) is 3. The van der Waals surface area contributed by atoms with Gasteiger partial charge in [-0.05, 0) is 48.0 Å². The van der Waals surface area contributed by atoms with Crippen molar-refractivity contribution in [2.45, 2.75) is 42.2 Å². The molecular weight excluding hydrogens is 656 g/mol. The molecule has 254 valence electrons. The molecule has 2 fully saturated rings. The number of carbonyl (C=O) groups excluding carboxylic acids is 3. The molecule has 0 aromatic heterocycles. The zero-order chi connectivity index (χ0) is 34.9. The van der Waals surface area contributed by atoms with Crippen molar-refractivity contribution in [3.05, 3.63) is 119 Å². The Morgan fingerprint density at radius 2 is 1.78 bits per heavy atom. The van der Waals surface area contributed by atoms with Gasteiger partial charge in [-0.3, -0.25) is 29.4 Å². The van der Waals surface area contributed by atoms with Crippen LogP contribution in [0.4, 0.5) is 11.4 Å². The number of nitro benzene ring substituents is 1. The number of methoxy groups -OCH3 is 1. The van der Waals surface area contributed by atoms with Crippen molar-refractivity contribution in [1.82, 2.24) is 9.62 Å². The van der Waals surface area contributed by atoms with Crippen molar-refractivity contribution in [3.63, 3.8) is 0 Å². The third-order valence-corrected chi connectivity index (χ3v) is 10.6. The molecule has 5 atom stereocenters. The molecule has 0 spiro atoms. The molecule has 3 aliphatic heterocycles. The first kappa shape index (κ1) is 33.5. The van der Waals surface area contributed by atoms with Crippen LogP contribution in [0.5, 0.6) is 5.75 Å². The van der Waals surface area contributed by atoms with Gasteiger partial charge in [-0.1, -0.05) is 42.5 Å². The van der Waals surface area contributed by atoms with Crippen molar-refractivity contribution in [1.29, 1.82) is 0 Å². The van der Waals surface area contributed by atoms with E-state index < -0.39 is 62.4 Å². The number of non-ortho nitro benzene ring substituents is 1. The van der Waals surface area contributed by atoms with Gasteiger partial charge in [0.1, 0.15) is 17.4 Å². The Morgan fingerprint density at radius 1 is 1.08 bits per heavy atom. The van der Waals surface area contributed by atoms with Gasteiger partial charge >= 0.3 is 5.97 Å². The number of nitro groups is 1. The number of sulfonamides is 1. The highest BCUT2D eigenvalue weighted by molar-refractivity contribution is 7.89. The molecule has 0 aliphatic carbocycles. The zero-order valence-corrected chi connectivity index (χ0v) is 27.2. The summed E-state index contributed by atoms with van der Waals surface area (Å²) in [6.07, 6.45) is 4.59. The van der Waals surface area contributed by atoms with Crippen LogP contribution in [-0.2, 0) is 40.4 Å². The number of carbonyl (C=O) groups is 3. The van der Waals surface area contributed by atoms with Gasteiger partial charge in [0.05, 0.1) is 41.3 Å².